The van der Waals surface area contributed by atoms with Gasteiger partial charge in [-0.1, -0.05) is 24.3 Å². The molecule has 39 heavy (non-hydrogen) atoms. The van der Waals surface area contributed by atoms with E-state index in [1.165, 1.54) is 6.33 Å². The van der Waals surface area contributed by atoms with Crippen LogP contribution in [0.1, 0.15) is 48.3 Å². The molecule has 8 heteroatoms. The Hall–Kier alpha value is -4.90. The third-order valence-corrected chi connectivity index (χ3v) is 6.77. The smallest absolute Gasteiger partial charge is 0.255 e. The van der Waals surface area contributed by atoms with Gasteiger partial charge >= 0.3 is 0 Å². The summed E-state index contributed by atoms with van der Waals surface area (Å²) in [5.74, 6) is 0.297. The first-order chi connectivity index (χ1) is 18.7. The van der Waals surface area contributed by atoms with Gasteiger partial charge in [-0.05, 0) is 80.6 Å². The molecular formula is C31H28N6O2. The molecule has 0 bridgehead atoms. The number of pyridine rings is 1. The second-order valence-corrected chi connectivity index (χ2v) is 10.3. The third-order valence-electron chi connectivity index (χ3n) is 6.77. The van der Waals surface area contributed by atoms with E-state index in [2.05, 4.69) is 31.7 Å². The number of aromatic nitrogens is 3. The van der Waals surface area contributed by atoms with Crippen molar-refractivity contribution in [2.75, 3.05) is 10.6 Å². The van der Waals surface area contributed by atoms with E-state index in [-0.39, 0.29) is 17.7 Å². The van der Waals surface area contributed by atoms with E-state index in [0.717, 1.165) is 35.1 Å². The molecule has 8 nitrogen and oxygen atoms in total. The number of aryl methyl sites for hydroxylation is 1. The van der Waals surface area contributed by atoms with Gasteiger partial charge in [0.05, 0.1) is 22.9 Å². The lowest BCUT2D eigenvalue weighted by Crippen LogP contribution is -2.18. The van der Waals surface area contributed by atoms with Crippen LogP contribution in [-0.2, 0) is 10.2 Å². The number of carbonyl (C=O) groups excluding carboxylic acids is 2. The average molecular weight is 517 g/mol. The summed E-state index contributed by atoms with van der Waals surface area (Å²) in [5, 5.41) is 15.3. The number of rotatable bonds is 7. The number of nitrogens with one attached hydrogen (secondary N) is 2. The van der Waals surface area contributed by atoms with E-state index in [1.807, 2.05) is 49.4 Å². The van der Waals surface area contributed by atoms with Gasteiger partial charge in [-0.25, -0.2) is 9.97 Å². The van der Waals surface area contributed by atoms with Gasteiger partial charge < -0.3 is 10.6 Å². The van der Waals surface area contributed by atoms with Crippen LogP contribution in [0.2, 0.25) is 0 Å². The molecule has 1 aliphatic rings. The van der Waals surface area contributed by atoms with Crippen LogP contribution in [-0.4, -0.2) is 26.8 Å². The lowest BCUT2D eigenvalue weighted by Gasteiger charge is -2.15. The van der Waals surface area contributed by atoms with Crippen LogP contribution in [0.15, 0.2) is 73.2 Å². The second kappa shape index (κ2) is 10.5. The van der Waals surface area contributed by atoms with Crippen molar-refractivity contribution < 1.29 is 9.59 Å². The van der Waals surface area contributed by atoms with Crippen LogP contribution in [0.3, 0.4) is 0 Å². The minimum atomic E-state index is -0.800. The first-order valence-electron chi connectivity index (χ1n) is 12.8. The molecule has 0 unspecified atom stereocenters. The molecule has 2 N–H and O–H groups in total. The summed E-state index contributed by atoms with van der Waals surface area (Å²) in [6, 6.07) is 21.0. The molecule has 4 aromatic rings. The highest BCUT2D eigenvalue weighted by molar-refractivity contribution is 6.04. The number of amides is 2. The summed E-state index contributed by atoms with van der Waals surface area (Å²) in [4.78, 5) is 38.1. The second-order valence-electron chi connectivity index (χ2n) is 10.3. The maximum Gasteiger partial charge on any atom is 0.255 e. The Labute approximate surface area is 227 Å². The standard InChI is InChI=1S/C31H28N6O2/c1-19-7-10-24(36-30(39)23-11-12-33-27(14-23)31(2,3)17-32)15-25(19)21-5-4-6-22(13-21)26-16-28(35-18-34-26)37-29(38)20-8-9-20/h4-7,10-16,18,20H,8-9H2,1-3H3,(H,36,39)(H,34,35,37,38). The monoisotopic (exact) mass is 516 g/mol. The van der Waals surface area contributed by atoms with Crippen LogP contribution in [0, 0.1) is 24.2 Å². The minimum absolute atomic E-state index is 0.000322. The van der Waals surface area contributed by atoms with Crippen LogP contribution in [0.25, 0.3) is 22.4 Å². The van der Waals surface area contributed by atoms with Gasteiger partial charge in [-0.2, -0.15) is 5.26 Å². The molecule has 0 aliphatic heterocycles. The normalized spacial score (nSPS) is 12.9. The lowest BCUT2D eigenvalue weighted by atomic mass is 9.90. The number of anilines is 2. The fourth-order valence-electron chi connectivity index (χ4n) is 4.19. The Morgan fingerprint density at radius 2 is 1.74 bits per heavy atom. The van der Waals surface area contributed by atoms with Crippen molar-refractivity contribution in [3.05, 3.63) is 90.0 Å². The van der Waals surface area contributed by atoms with Crippen molar-refractivity contribution in [1.82, 2.24) is 15.0 Å². The summed E-state index contributed by atoms with van der Waals surface area (Å²) >= 11 is 0. The van der Waals surface area contributed by atoms with E-state index in [0.29, 0.717) is 28.5 Å². The molecule has 1 fully saturated rings. The highest BCUT2D eigenvalue weighted by Crippen LogP contribution is 2.32. The fraction of sp³-hybridized carbons (Fsp3) is 0.226. The zero-order valence-corrected chi connectivity index (χ0v) is 22.0. The van der Waals surface area contributed by atoms with Crippen LogP contribution < -0.4 is 10.6 Å². The highest BCUT2D eigenvalue weighted by Gasteiger charge is 2.29. The molecule has 2 aromatic heterocycles. The predicted molar refractivity (Wildman–Crippen MR) is 150 cm³/mol. The number of hydrogen-bond acceptors (Lipinski definition) is 6. The molecule has 1 saturated carbocycles. The zero-order valence-electron chi connectivity index (χ0n) is 22.0. The maximum atomic E-state index is 13.0. The maximum absolute atomic E-state index is 13.0. The van der Waals surface area contributed by atoms with Gasteiger partial charge in [-0.3, -0.25) is 14.6 Å². The molecular weight excluding hydrogens is 488 g/mol. The first-order valence-corrected chi connectivity index (χ1v) is 12.8. The van der Waals surface area contributed by atoms with E-state index in [9.17, 15) is 14.9 Å². The molecule has 1 aliphatic carbocycles. The average Bonchev–Trinajstić information content (AvgIpc) is 3.80. The van der Waals surface area contributed by atoms with Crippen LogP contribution in [0.4, 0.5) is 11.5 Å². The Morgan fingerprint density at radius 1 is 0.949 bits per heavy atom. The molecule has 5 rings (SSSR count). The van der Waals surface area contributed by atoms with Gasteiger partial charge in [0.25, 0.3) is 5.91 Å². The Kier molecular flexibility index (Phi) is 6.90. The molecule has 2 heterocycles. The number of nitrogens with zero attached hydrogens (tertiary/aromatic N) is 4. The fourth-order valence-corrected chi connectivity index (χ4v) is 4.19. The van der Waals surface area contributed by atoms with Crippen LogP contribution in [0.5, 0.6) is 0 Å². The molecule has 2 amide bonds. The van der Waals surface area contributed by atoms with E-state index in [4.69, 9.17) is 0 Å². The van der Waals surface area contributed by atoms with Gasteiger partial charge in [0, 0.05) is 35.0 Å². The molecule has 0 saturated heterocycles. The highest BCUT2D eigenvalue weighted by atomic mass is 16.2. The van der Waals surface area contributed by atoms with Crippen molar-refractivity contribution in [2.45, 2.75) is 39.0 Å². The number of nitriles is 1. The summed E-state index contributed by atoms with van der Waals surface area (Å²) in [7, 11) is 0. The molecule has 0 spiro atoms. The van der Waals surface area contributed by atoms with E-state index >= 15 is 0 Å². The summed E-state index contributed by atoms with van der Waals surface area (Å²) < 4.78 is 0. The van der Waals surface area contributed by atoms with Gasteiger partial charge in [0.1, 0.15) is 12.1 Å². The largest absolute Gasteiger partial charge is 0.322 e. The SMILES string of the molecule is Cc1ccc(NC(=O)c2ccnc(C(C)(C)C#N)c2)cc1-c1cccc(-c2cc(NC(=O)C3CC3)ncn2)c1. The third kappa shape index (κ3) is 5.83. The molecule has 0 radical (unpaired) electrons. The van der Waals surface area contributed by atoms with Gasteiger partial charge in [0.15, 0.2) is 0 Å². The van der Waals surface area contributed by atoms with E-state index in [1.54, 1.807) is 38.2 Å². The van der Waals surface area contributed by atoms with Crippen molar-refractivity contribution >= 4 is 23.3 Å². The number of benzene rings is 2. The van der Waals surface area contributed by atoms with Crippen LogP contribution >= 0.6 is 0 Å². The lowest BCUT2D eigenvalue weighted by molar-refractivity contribution is -0.117. The number of carbonyl (C=O) groups is 2. The van der Waals surface area contributed by atoms with Crippen molar-refractivity contribution in [3.63, 3.8) is 0 Å². The van der Waals surface area contributed by atoms with Crippen molar-refractivity contribution in [3.8, 4) is 28.5 Å². The summed E-state index contributed by atoms with van der Waals surface area (Å²) in [6.45, 7) is 5.55. The van der Waals surface area contributed by atoms with E-state index < -0.39 is 5.41 Å². The molecule has 194 valence electrons. The minimum Gasteiger partial charge on any atom is -0.322 e. The summed E-state index contributed by atoms with van der Waals surface area (Å²) in [5.41, 5.74) is 5.38. The van der Waals surface area contributed by atoms with Gasteiger partial charge in [-0.15, -0.1) is 0 Å². The Bertz CT molecular complexity index is 1620. The zero-order chi connectivity index (χ0) is 27.6. The topological polar surface area (TPSA) is 121 Å². The molecule has 0 atom stereocenters. The first kappa shape index (κ1) is 25.7. The van der Waals surface area contributed by atoms with Crippen molar-refractivity contribution in [1.29, 1.82) is 5.26 Å². The van der Waals surface area contributed by atoms with Crippen molar-refractivity contribution in [2.24, 2.45) is 5.92 Å². The quantitative estimate of drug-likeness (QED) is 0.315. The molecule has 2 aromatic carbocycles. The predicted octanol–water partition coefficient (Wildman–Crippen LogP) is 5.92. The number of hydrogen-bond donors (Lipinski definition) is 2. The Morgan fingerprint density at radius 3 is 2.51 bits per heavy atom. The Balaban J connectivity index is 1.38. The summed E-state index contributed by atoms with van der Waals surface area (Å²) in [6.07, 6.45) is 4.85. The van der Waals surface area contributed by atoms with Gasteiger partial charge in [0.2, 0.25) is 5.91 Å².